The maximum atomic E-state index is 12.5. The van der Waals surface area contributed by atoms with Crippen LogP contribution in [0.15, 0.2) is 41.2 Å². The van der Waals surface area contributed by atoms with Gasteiger partial charge in [-0.2, -0.15) is 0 Å². The number of allylic oxidation sites excluding steroid dienone is 1. The zero-order valence-corrected chi connectivity index (χ0v) is 23.3. The third kappa shape index (κ3) is 4.57. The topological polar surface area (TPSA) is 96.2 Å². The Balaban J connectivity index is 1.61. The highest BCUT2D eigenvalue weighted by Gasteiger charge is 2.51. The molecule has 2 aliphatic heterocycles. The maximum Gasteiger partial charge on any atom is 0.223 e. The number of aliphatic hydroxyl groups excluding tert-OH is 1. The van der Waals surface area contributed by atoms with Gasteiger partial charge < -0.3 is 24.8 Å². The maximum absolute atomic E-state index is 12.5. The van der Waals surface area contributed by atoms with Crippen molar-refractivity contribution in [3.05, 3.63) is 68.9 Å². The molecule has 0 spiro atoms. The van der Waals surface area contributed by atoms with Crippen molar-refractivity contribution >= 4 is 0 Å². The summed E-state index contributed by atoms with van der Waals surface area (Å²) in [5, 5.41) is 32.4. The molecule has 38 heavy (non-hydrogen) atoms. The zero-order valence-electron chi connectivity index (χ0n) is 23.3. The molecule has 1 aliphatic carbocycles. The average Bonchev–Trinajstić information content (AvgIpc) is 2.90. The first-order valence-electron chi connectivity index (χ1n) is 13.6. The van der Waals surface area contributed by atoms with E-state index in [0.717, 1.165) is 35.1 Å². The van der Waals surface area contributed by atoms with Crippen LogP contribution in [-0.2, 0) is 12.8 Å². The van der Waals surface area contributed by atoms with E-state index in [0.29, 0.717) is 30.8 Å². The molecule has 3 aliphatic rings. The highest BCUT2D eigenvalue weighted by atomic mass is 16.5. The lowest BCUT2D eigenvalue weighted by atomic mass is 9.67. The van der Waals surface area contributed by atoms with Crippen LogP contribution in [0, 0.1) is 31.1 Å². The van der Waals surface area contributed by atoms with Gasteiger partial charge in [-0.05, 0) is 93.2 Å². The number of aromatic hydroxyl groups is 2. The Bertz CT molecular complexity index is 1360. The lowest BCUT2D eigenvalue weighted by Crippen LogP contribution is -2.57. The quantitative estimate of drug-likeness (QED) is 0.396. The Labute approximate surface area is 224 Å². The predicted octanol–water partition coefficient (Wildman–Crippen LogP) is 5.52. The van der Waals surface area contributed by atoms with Crippen molar-refractivity contribution in [2.24, 2.45) is 17.3 Å². The average molecular weight is 521 g/mol. The molecule has 0 radical (unpaired) electrons. The van der Waals surface area contributed by atoms with Crippen LogP contribution in [0.4, 0.5) is 0 Å². The van der Waals surface area contributed by atoms with Crippen LogP contribution in [0.2, 0.25) is 0 Å². The third-order valence-corrected chi connectivity index (χ3v) is 9.34. The second kappa shape index (κ2) is 9.04. The first kappa shape index (κ1) is 26.6. The Kier molecular flexibility index (Phi) is 6.33. The highest BCUT2D eigenvalue weighted by Crippen LogP contribution is 2.50. The molecule has 2 heterocycles. The molecular formula is C32H40O6. The van der Waals surface area contributed by atoms with Crippen molar-refractivity contribution in [2.75, 3.05) is 0 Å². The largest absolute Gasteiger partial charge is 0.508 e. The van der Waals surface area contributed by atoms with Crippen LogP contribution in [0.1, 0.15) is 69.2 Å². The summed E-state index contributed by atoms with van der Waals surface area (Å²) in [6, 6.07) is 6.33. The first-order chi connectivity index (χ1) is 17.7. The second-order valence-corrected chi connectivity index (χ2v) is 12.9. The van der Waals surface area contributed by atoms with Gasteiger partial charge in [0.05, 0.1) is 6.10 Å². The van der Waals surface area contributed by atoms with E-state index >= 15 is 0 Å². The molecule has 5 atom stereocenters. The Morgan fingerprint density at radius 2 is 1.50 bits per heavy atom. The van der Waals surface area contributed by atoms with Crippen LogP contribution in [0.25, 0.3) is 0 Å². The molecule has 6 nitrogen and oxygen atoms in total. The number of benzene rings is 1. The molecule has 2 aromatic rings. The van der Waals surface area contributed by atoms with Crippen LogP contribution in [-0.4, -0.2) is 32.6 Å². The van der Waals surface area contributed by atoms with Gasteiger partial charge in [0.1, 0.15) is 28.5 Å². The number of hydrogen-bond donors (Lipinski definition) is 3. The molecule has 3 N–H and O–H groups in total. The summed E-state index contributed by atoms with van der Waals surface area (Å²) in [5.41, 5.74) is 1.54. The molecule has 0 saturated carbocycles. The summed E-state index contributed by atoms with van der Waals surface area (Å²) in [4.78, 5) is 12.5. The van der Waals surface area contributed by atoms with E-state index in [-0.39, 0.29) is 28.7 Å². The minimum atomic E-state index is -0.948. The van der Waals surface area contributed by atoms with Crippen molar-refractivity contribution in [3.8, 4) is 23.0 Å². The fourth-order valence-corrected chi connectivity index (χ4v) is 6.85. The first-order valence-corrected chi connectivity index (χ1v) is 13.6. The summed E-state index contributed by atoms with van der Waals surface area (Å²) in [6.45, 7) is 12.3. The van der Waals surface area contributed by atoms with E-state index < -0.39 is 22.7 Å². The molecule has 2 aromatic carbocycles. The zero-order chi connectivity index (χ0) is 27.6. The number of ether oxygens (including phenoxy) is 2. The van der Waals surface area contributed by atoms with Gasteiger partial charge in [-0.3, -0.25) is 4.79 Å². The van der Waals surface area contributed by atoms with Gasteiger partial charge in [0.25, 0.3) is 0 Å². The number of fused-ring (bicyclic) bond motifs is 4. The van der Waals surface area contributed by atoms with Crippen LogP contribution < -0.4 is 14.9 Å². The Morgan fingerprint density at radius 3 is 2.21 bits per heavy atom. The molecule has 0 amide bonds. The number of rotatable bonds is 0. The minimum Gasteiger partial charge on any atom is -0.508 e. The fourth-order valence-electron chi connectivity index (χ4n) is 6.85. The van der Waals surface area contributed by atoms with Gasteiger partial charge in [-0.25, -0.2) is 0 Å². The van der Waals surface area contributed by atoms with Gasteiger partial charge in [0, 0.05) is 30.4 Å². The van der Waals surface area contributed by atoms with E-state index in [4.69, 9.17) is 9.47 Å². The van der Waals surface area contributed by atoms with Gasteiger partial charge >= 0.3 is 0 Å². The van der Waals surface area contributed by atoms with E-state index in [1.807, 2.05) is 20.8 Å². The van der Waals surface area contributed by atoms with E-state index in [2.05, 4.69) is 32.9 Å². The van der Waals surface area contributed by atoms with Crippen LogP contribution in [0.5, 0.6) is 23.0 Å². The van der Waals surface area contributed by atoms with E-state index in [1.165, 1.54) is 12.1 Å². The molecule has 0 unspecified atom stereocenters. The molecule has 204 valence electrons. The number of phenolic OH excluding ortho intramolecular Hbond substituents is 1. The van der Waals surface area contributed by atoms with Crippen molar-refractivity contribution in [2.45, 2.75) is 91.0 Å². The van der Waals surface area contributed by atoms with Crippen molar-refractivity contribution in [1.82, 2.24) is 0 Å². The molecule has 5 rings (SSSR count). The van der Waals surface area contributed by atoms with Crippen molar-refractivity contribution in [1.29, 1.82) is 0 Å². The lowest BCUT2D eigenvalue weighted by Gasteiger charge is -2.49. The lowest BCUT2D eigenvalue weighted by molar-refractivity contribution is -0.117. The smallest absolute Gasteiger partial charge is 0.223 e. The van der Waals surface area contributed by atoms with Crippen molar-refractivity contribution < 1.29 is 24.8 Å². The van der Waals surface area contributed by atoms with Gasteiger partial charge in [0.15, 0.2) is 5.75 Å². The minimum absolute atomic E-state index is 0.00527. The number of hydrogen-bond acceptors (Lipinski definition) is 6. The SMILES string of the molecule is Cc1cc(O)c(=O)cc2c1C[C@@H]1CC(C)(C)/C=C/C[C@]3(C)Oc4cc(O)cc(C)c4C[C@H]3C[C@@H](O)[C@@]1(C)O2. The Morgan fingerprint density at radius 1 is 0.868 bits per heavy atom. The number of aryl methyl sites for hydroxylation is 2. The molecule has 0 fully saturated rings. The molecule has 0 aromatic heterocycles. The van der Waals surface area contributed by atoms with Crippen LogP contribution >= 0.6 is 0 Å². The molecular weight excluding hydrogens is 480 g/mol. The van der Waals surface area contributed by atoms with Gasteiger partial charge in [-0.1, -0.05) is 26.0 Å². The normalized spacial score (nSPS) is 32.7. The van der Waals surface area contributed by atoms with Crippen LogP contribution in [0.3, 0.4) is 0 Å². The van der Waals surface area contributed by atoms with E-state index in [1.54, 1.807) is 12.1 Å². The fraction of sp³-hybridized carbons (Fsp3) is 0.531. The highest BCUT2D eigenvalue weighted by molar-refractivity contribution is 5.48. The summed E-state index contributed by atoms with van der Waals surface area (Å²) < 4.78 is 13.3. The summed E-state index contributed by atoms with van der Waals surface area (Å²) in [6.07, 6.45) is 6.90. The summed E-state index contributed by atoms with van der Waals surface area (Å²) in [5.74, 6) is 1.00. The van der Waals surface area contributed by atoms with E-state index in [9.17, 15) is 20.1 Å². The monoisotopic (exact) mass is 520 g/mol. The van der Waals surface area contributed by atoms with Crippen molar-refractivity contribution in [3.63, 3.8) is 0 Å². The summed E-state index contributed by atoms with van der Waals surface area (Å²) >= 11 is 0. The number of aliphatic hydroxyl groups is 1. The van der Waals surface area contributed by atoms with Gasteiger partial charge in [-0.15, -0.1) is 0 Å². The van der Waals surface area contributed by atoms with Gasteiger partial charge in [0.2, 0.25) is 5.43 Å². The molecule has 0 saturated heterocycles. The standard InChI is InChI=1S/C32H40O6/c1-18-10-22(33)15-27-23(18)12-20-14-29(36)32(6)21(17-30(3,4)8-7-9-31(20,5)37-27)13-24-19(2)11-25(34)26(35)16-28(24)38-32/h7-8,10-11,15-16,20-21,29,33,36H,9,12-14,17H2,1-6H3,(H,34,35)/b8-7+/t20-,21+,29+,31-,32-/m0/s1. The number of phenols is 1. The predicted molar refractivity (Wildman–Crippen MR) is 147 cm³/mol. The second-order valence-electron chi connectivity index (χ2n) is 12.9. The Hall–Kier alpha value is -2.99. The molecule has 0 bridgehead atoms. The third-order valence-electron chi connectivity index (χ3n) is 9.34. The summed E-state index contributed by atoms with van der Waals surface area (Å²) in [7, 11) is 0. The molecule has 6 heteroatoms.